The Morgan fingerprint density at radius 3 is 1.71 bits per heavy atom. The van der Waals surface area contributed by atoms with Crippen LogP contribution in [-0.2, 0) is 4.74 Å². The van der Waals surface area contributed by atoms with Crippen LogP contribution in [0.4, 0.5) is 0 Å². The summed E-state index contributed by atoms with van der Waals surface area (Å²) >= 11 is 0. The molecule has 0 radical (unpaired) electrons. The highest BCUT2D eigenvalue weighted by molar-refractivity contribution is 4.67. The molecule has 0 aromatic heterocycles. The van der Waals surface area contributed by atoms with Crippen molar-refractivity contribution in [2.75, 3.05) is 13.2 Å². The van der Waals surface area contributed by atoms with E-state index in [-0.39, 0.29) is 12.7 Å². The fourth-order valence-corrected chi connectivity index (χ4v) is 1.08. The van der Waals surface area contributed by atoms with Crippen molar-refractivity contribution >= 4 is 0 Å². The normalized spacial score (nSPS) is 16.8. The maximum atomic E-state index is 9.03. The molecular formula is C12H28O5. The Bertz CT molecular complexity index is 163. The molecule has 0 bridgehead atoms. The lowest BCUT2D eigenvalue weighted by Gasteiger charge is -2.17. The Labute approximate surface area is 104 Å². The molecule has 0 aromatic rings. The van der Waals surface area contributed by atoms with E-state index in [1.165, 1.54) is 0 Å². The minimum atomic E-state index is -0.728. The lowest BCUT2D eigenvalue weighted by molar-refractivity contribution is -0.0177. The van der Waals surface area contributed by atoms with Crippen LogP contribution in [0, 0.1) is 0 Å². The molecule has 0 spiro atoms. The molecular weight excluding hydrogens is 224 g/mol. The summed E-state index contributed by atoms with van der Waals surface area (Å²) < 4.78 is 4.95. The standard InChI is InChI=1S/C6H14O3.C6H14O2/c1-5(8)4-9-6(2)3-7;1-5(7)4-6(2,3)8/h5-8H,3-4H2,1-2H3;5,7-8H,4H2,1-3H3. The summed E-state index contributed by atoms with van der Waals surface area (Å²) in [5, 5.41) is 34.9. The van der Waals surface area contributed by atoms with E-state index in [9.17, 15) is 0 Å². The first-order valence-corrected chi connectivity index (χ1v) is 5.89. The molecule has 0 saturated heterocycles. The first kappa shape index (κ1) is 19.1. The van der Waals surface area contributed by atoms with Crippen molar-refractivity contribution in [3.8, 4) is 0 Å². The second kappa shape index (κ2) is 9.79. The molecule has 0 heterocycles. The molecule has 4 N–H and O–H groups in total. The predicted molar refractivity (Wildman–Crippen MR) is 66.8 cm³/mol. The molecule has 0 aliphatic rings. The summed E-state index contributed by atoms with van der Waals surface area (Å²) in [6.45, 7) is 8.72. The van der Waals surface area contributed by atoms with Crippen LogP contribution in [0.25, 0.3) is 0 Å². The SMILES string of the molecule is CC(O)CC(C)(C)O.CC(O)COC(C)CO. The molecule has 3 unspecified atom stereocenters. The highest BCUT2D eigenvalue weighted by Crippen LogP contribution is 2.09. The lowest BCUT2D eigenvalue weighted by Crippen LogP contribution is -2.24. The monoisotopic (exact) mass is 252 g/mol. The molecule has 17 heavy (non-hydrogen) atoms. The van der Waals surface area contributed by atoms with Gasteiger partial charge in [-0.3, -0.25) is 0 Å². The van der Waals surface area contributed by atoms with Crippen molar-refractivity contribution < 1.29 is 25.2 Å². The average molecular weight is 252 g/mol. The highest BCUT2D eigenvalue weighted by Gasteiger charge is 2.14. The van der Waals surface area contributed by atoms with Crippen LogP contribution >= 0.6 is 0 Å². The second-order valence-corrected chi connectivity index (χ2v) is 5.04. The largest absolute Gasteiger partial charge is 0.394 e. The molecule has 0 aliphatic heterocycles. The third-order valence-electron chi connectivity index (χ3n) is 1.67. The first-order chi connectivity index (χ1) is 7.58. The fraction of sp³-hybridized carbons (Fsp3) is 1.00. The molecule has 3 atom stereocenters. The van der Waals surface area contributed by atoms with E-state index >= 15 is 0 Å². The van der Waals surface area contributed by atoms with Crippen LogP contribution in [0.5, 0.6) is 0 Å². The zero-order chi connectivity index (χ0) is 14.1. The number of aliphatic hydroxyl groups is 4. The van der Waals surface area contributed by atoms with E-state index in [4.69, 9.17) is 25.2 Å². The van der Waals surface area contributed by atoms with Crippen molar-refractivity contribution in [3.63, 3.8) is 0 Å². The Hall–Kier alpha value is -0.200. The number of hydrogen-bond donors (Lipinski definition) is 4. The summed E-state index contributed by atoms with van der Waals surface area (Å²) in [6, 6.07) is 0. The maximum Gasteiger partial charge on any atom is 0.0779 e. The minimum absolute atomic E-state index is 0.00667. The fourth-order valence-electron chi connectivity index (χ4n) is 1.08. The van der Waals surface area contributed by atoms with Crippen LogP contribution < -0.4 is 0 Å². The third-order valence-corrected chi connectivity index (χ3v) is 1.67. The third kappa shape index (κ3) is 21.6. The summed E-state index contributed by atoms with van der Waals surface area (Å²) in [5.74, 6) is 0. The Morgan fingerprint density at radius 2 is 1.53 bits per heavy atom. The van der Waals surface area contributed by atoms with Gasteiger partial charge in [-0.2, -0.15) is 0 Å². The van der Waals surface area contributed by atoms with Gasteiger partial charge in [-0.15, -0.1) is 0 Å². The van der Waals surface area contributed by atoms with Crippen molar-refractivity contribution in [2.24, 2.45) is 0 Å². The quantitative estimate of drug-likeness (QED) is 0.545. The van der Waals surface area contributed by atoms with Crippen LogP contribution in [0.2, 0.25) is 0 Å². The van der Waals surface area contributed by atoms with Crippen LogP contribution in [0.15, 0.2) is 0 Å². The lowest BCUT2D eigenvalue weighted by atomic mass is 10.0. The highest BCUT2D eigenvalue weighted by atomic mass is 16.5. The number of aliphatic hydroxyl groups excluding tert-OH is 3. The van der Waals surface area contributed by atoms with Crippen LogP contribution in [-0.4, -0.2) is 57.6 Å². The van der Waals surface area contributed by atoms with E-state index in [0.29, 0.717) is 13.0 Å². The second-order valence-electron chi connectivity index (χ2n) is 5.04. The molecule has 5 nitrogen and oxygen atoms in total. The van der Waals surface area contributed by atoms with Crippen molar-refractivity contribution in [1.82, 2.24) is 0 Å². The maximum absolute atomic E-state index is 9.03. The van der Waals surface area contributed by atoms with Crippen molar-refractivity contribution in [2.45, 2.75) is 65.0 Å². The molecule has 0 rings (SSSR count). The molecule has 106 valence electrons. The van der Waals surface area contributed by atoms with E-state index in [0.717, 1.165) is 0 Å². The molecule has 0 aliphatic carbocycles. The van der Waals surface area contributed by atoms with Crippen LogP contribution in [0.3, 0.4) is 0 Å². The zero-order valence-corrected chi connectivity index (χ0v) is 11.6. The topological polar surface area (TPSA) is 90.2 Å². The zero-order valence-electron chi connectivity index (χ0n) is 11.6. The molecule has 0 amide bonds. The summed E-state index contributed by atoms with van der Waals surface area (Å²) in [5.41, 5.74) is -0.728. The van der Waals surface area contributed by atoms with Gasteiger partial charge in [-0.1, -0.05) is 0 Å². The van der Waals surface area contributed by atoms with E-state index < -0.39 is 17.8 Å². The van der Waals surface area contributed by atoms with E-state index in [1.807, 2.05) is 0 Å². The predicted octanol–water partition coefficient (Wildman–Crippen LogP) is 0.293. The Morgan fingerprint density at radius 1 is 1.06 bits per heavy atom. The number of hydrogen-bond acceptors (Lipinski definition) is 5. The molecule has 0 saturated carbocycles. The van der Waals surface area contributed by atoms with Gasteiger partial charge in [0.1, 0.15) is 0 Å². The van der Waals surface area contributed by atoms with Gasteiger partial charge in [0.15, 0.2) is 0 Å². The van der Waals surface area contributed by atoms with Gasteiger partial charge >= 0.3 is 0 Å². The minimum Gasteiger partial charge on any atom is -0.394 e. The van der Waals surface area contributed by atoms with E-state index in [1.54, 1.807) is 34.6 Å². The molecule has 0 aromatic carbocycles. The Balaban J connectivity index is 0. The molecule has 0 fully saturated rings. The molecule has 5 heteroatoms. The number of rotatable bonds is 6. The van der Waals surface area contributed by atoms with Gasteiger partial charge in [-0.05, 0) is 34.6 Å². The van der Waals surface area contributed by atoms with Gasteiger partial charge in [-0.25, -0.2) is 0 Å². The van der Waals surface area contributed by atoms with E-state index in [2.05, 4.69) is 0 Å². The summed E-state index contributed by atoms with van der Waals surface area (Å²) in [4.78, 5) is 0. The van der Waals surface area contributed by atoms with Gasteiger partial charge in [0.25, 0.3) is 0 Å². The number of ether oxygens (including phenoxy) is 1. The van der Waals surface area contributed by atoms with Gasteiger partial charge < -0.3 is 25.2 Å². The smallest absolute Gasteiger partial charge is 0.0779 e. The Kier molecular flexibility index (Phi) is 11.0. The van der Waals surface area contributed by atoms with Crippen molar-refractivity contribution in [1.29, 1.82) is 0 Å². The summed E-state index contributed by atoms with van der Waals surface area (Å²) in [6.07, 6.45) is -0.582. The van der Waals surface area contributed by atoms with Gasteiger partial charge in [0, 0.05) is 6.42 Å². The van der Waals surface area contributed by atoms with Gasteiger partial charge in [0.05, 0.1) is 37.1 Å². The van der Waals surface area contributed by atoms with Crippen molar-refractivity contribution in [3.05, 3.63) is 0 Å². The van der Waals surface area contributed by atoms with Crippen LogP contribution in [0.1, 0.15) is 41.0 Å². The average Bonchev–Trinajstić information content (AvgIpc) is 2.10. The van der Waals surface area contributed by atoms with Gasteiger partial charge in [0.2, 0.25) is 0 Å². The summed E-state index contributed by atoms with van der Waals surface area (Å²) in [7, 11) is 0. The first-order valence-electron chi connectivity index (χ1n) is 5.89.